The van der Waals surface area contributed by atoms with Crippen LogP contribution in [0.2, 0.25) is 0 Å². The van der Waals surface area contributed by atoms with Gasteiger partial charge in [-0.3, -0.25) is 4.79 Å². The first kappa shape index (κ1) is 28.2. The van der Waals surface area contributed by atoms with Gasteiger partial charge in [0, 0.05) is 13.7 Å². The average molecular weight is 529 g/mol. The maximum absolute atomic E-state index is 13.1. The van der Waals surface area contributed by atoms with Gasteiger partial charge in [0.2, 0.25) is 0 Å². The molecule has 11 heteroatoms. The molecule has 0 spiro atoms. The Morgan fingerprint density at radius 3 is 2.27 bits per heavy atom. The number of alkyl halides is 6. The molecular weight excluding hydrogens is 504 g/mol. The summed E-state index contributed by atoms with van der Waals surface area (Å²) >= 11 is 0. The molecule has 0 fully saturated rings. The van der Waals surface area contributed by atoms with Crippen LogP contribution >= 0.6 is 0 Å². The lowest BCUT2D eigenvalue weighted by atomic mass is 10.0. The van der Waals surface area contributed by atoms with E-state index in [0.29, 0.717) is 31.6 Å². The first-order valence-corrected chi connectivity index (χ1v) is 11.4. The van der Waals surface area contributed by atoms with E-state index in [9.17, 15) is 35.9 Å². The summed E-state index contributed by atoms with van der Waals surface area (Å²) in [6.07, 6.45) is -6.65. The van der Waals surface area contributed by atoms with Gasteiger partial charge in [0.1, 0.15) is 13.2 Å². The summed E-state index contributed by atoms with van der Waals surface area (Å²) in [4.78, 5) is 25.7. The van der Waals surface area contributed by atoms with Crippen LogP contribution in [0.25, 0.3) is 6.08 Å². The summed E-state index contributed by atoms with van der Waals surface area (Å²) < 4.78 is 88.6. The Morgan fingerprint density at radius 2 is 1.68 bits per heavy atom. The molecule has 1 unspecified atom stereocenters. The molecule has 200 valence electrons. The molecule has 0 N–H and O–H groups in total. The van der Waals surface area contributed by atoms with Crippen LogP contribution in [-0.4, -0.2) is 37.0 Å². The molecule has 0 saturated carbocycles. The summed E-state index contributed by atoms with van der Waals surface area (Å²) in [6.45, 7) is 1.39. The Morgan fingerprint density at radius 1 is 1.03 bits per heavy atom. The smallest absolute Gasteiger partial charge is 0.416 e. The van der Waals surface area contributed by atoms with Gasteiger partial charge in [-0.05, 0) is 72.4 Å². The molecule has 2 aromatic carbocycles. The summed E-state index contributed by atoms with van der Waals surface area (Å²) in [6, 6.07) is 6.19. The molecule has 5 nitrogen and oxygen atoms in total. The zero-order valence-electron chi connectivity index (χ0n) is 20.1. The highest BCUT2D eigenvalue weighted by molar-refractivity contribution is 5.94. The predicted molar refractivity (Wildman–Crippen MR) is 122 cm³/mol. The van der Waals surface area contributed by atoms with Crippen molar-refractivity contribution in [2.24, 2.45) is 0 Å². The Hall–Kier alpha value is -3.34. The van der Waals surface area contributed by atoms with Crippen molar-refractivity contribution in [2.45, 2.75) is 44.8 Å². The van der Waals surface area contributed by atoms with Crippen molar-refractivity contribution < 1.29 is 45.4 Å². The molecule has 1 aliphatic carbocycles. The van der Waals surface area contributed by atoms with Crippen LogP contribution in [0.3, 0.4) is 0 Å². The van der Waals surface area contributed by atoms with Crippen molar-refractivity contribution in [1.82, 2.24) is 4.90 Å². The number of ether oxygens (including phenoxy) is 2. The molecule has 0 aliphatic heterocycles. The minimum Gasteiger partial charge on any atom is -0.445 e. The van der Waals surface area contributed by atoms with Gasteiger partial charge >= 0.3 is 18.4 Å². The van der Waals surface area contributed by atoms with Crippen LogP contribution in [0.1, 0.15) is 52.8 Å². The molecule has 37 heavy (non-hydrogen) atoms. The van der Waals surface area contributed by atoms with Crippen molar-refractivity contribution in [3.05, 3.63) is 75.9 Å². The predicted octanol–water partition coefficient (Wildman–Crippen LogP) is 6.60. The van der Waals surface area contributed by atoms with Crippen molar-refractivity contribution in [1.29, 1.82) is 0 Å². The van der Waals surface area contributed by atoms with E-state index >= 15 is 0 Å². The van der Waals surface area contributed by atoms with Crippen LogP contribution in [-0.2, 0) is 39.6 Å². The van der Waals surface area contributed by atoms with Crippen LogP contribution in [0.5, 0.6) is 0 Å². The van der Waals surface area contributed by atoms with Gasteiger partial charge in [-0.2, -0.15) is 26.3 Å². The van der Waals surface area contributed by atoms with E-state index < -0.39 is 47.8 Å². The van der Waals surface area contributed by atoms with E-state index in [4.69, 9.17) is 9.47 Å². The quantitative estimate of drug-likeness (QED) is 0.286. The molecule has 0 heterocycles. The number of fused-ring (bicyclic) bond motifs is 1. The van der Waals surface area contributed by atoms with Crippen LogP contribution in [0.15, 0.2) is 42.5 Å². The van der Waals surface area contributed by atoms with Gasteiger partial charge in [0.15, 0.2) is 5.78 Å². The molecule has 1 amide bonds. The third kappa shape index (κ3) is 7.34. The highest BCUT2D eigenvalue weighted by Gasteiger charge is 2.37. The van der Waals surface area contributed by atoms with E-state index in [1.54, 1.807) is 13.0 Å². The van der Waals surface area contributed by atoms with Gasteiger partial charge in [-0.15, -0.1) is 0 Å². The van der Waals surface area contributed by atoms with E-state index in [2.05, 4.69) is 0 Å². The average Bonchev–Trinajstić information content (AvgIpc) is 3.26. The molecule has 0 saturated heterocycles. The number of hydrogen-bond acceptors (Lipinski definition) is 4. The summed E-state index contributed by atoms with van der Waals surface area (Å²) in [5.41, 5.74) is -0.869. The number of aryl methyl sites for hydroxylation is 1. The molecule has 3 rings (SSSR count). The van der Waals surface area contributed by atoms with Crippen LogP contribution in [0, 0.1) is 0 Å². The normalized spacial score (nSPS) is 15.6. The lowest BCUT2D eigenvalue weighted by molar-refractivity contribution is -0.143. The number of carbonyl (C=O) groups is 2. The summed E-state index contributed by atoms with van der Waals surface area (Å²) in [7, 11) is 1.45. The zero-order chi connectivity index (χ0) is 27.4. The molecule has 0 aromatic heterocycles. The van der Waals surface area contributed by atoms with Crippen molar-refractivity contribution >= 4 is 18.0 Å². The number of ketones is 1. The topological polar surface area (TPSA) is 55.8 Å². The van der Waals surface area contributed by atoms with E-state index in [-0.39, 0.29) is 18.5 Å². The Kier molecular flexibility index (Phi) is 8.68. The third-order valence-corrected chi connectivity index (χ3v) is 5.89. The second-order valence-electron chi connectivity index (χ2n) is 8.53. The first-order chi connectivity index (χ1) is 17.3. The van der Waals surface area contributed by atoms with Gasteiger partial charge in [-0.25, -0.2) is 4.79 Å². The SMILES string of the molecule is CCOCC(=O)/C=C/c1ccc2c(c1)C(N(C)C(=O)OCc1cc(C(F)(F)F)cc(C(F)(F)F)c1)CC2. The number of nitrogens with zero attached hydrogens (tertiary/aromatic N) is 1. The highest BCUT2D eigenvalue weighted by Crippen LogP contribution is 2.38. The van der Waals surface area contributed by atoms with Crippen LogP contribution < -0.4 is 0 Å². The molecule has 0 bridgehead atoms. The second kappa shape index (κ2) is 11.4. The molecule has 1 aliphatic rings. The number of hydrogen-bond donors (Lipinski definition) is 0. The van der Waals surface area contributed by atoms with E-state index in [0.717, 1.165) is 16.7 Å². The molecular formula is C26H25F6NO4. The second-order valence-corrected chi connectivity index (χ2v) is 8.53. The highest BCUT2D eigenvalue weighted by atomic mass is 19.4. The standard InChI is InChI=1S/C26H25F6NO4/c1-3-36-15-21(34)8-5-16-4-6-18-7-9-23(22(18)12-16)33(2)24(35)37-14-17-10-19(25(27,28)29)13-20(11-17)26(30,31)32/h4-6,8,10-13,23H,3,7,9,14-15H2,1-2H3/b8-5+. The molecule has 0 radical (unpaired) electrons. The fourth-order valence-corrected chi connectivity index (χ4v) is 4.02. The maximum Gasteiger partial charge on any atom is 0.416 e. The number of halogens is 6. The molecule has 1 atom stereocenters. The number of benzene rings is 2. The lowest BCUT2D eigenvalue weighted by Crippen LogP contribution is -2.30. The number of amides is 1. The van der Waals surface area contributed by atoms with Crippen molar-refractivity contribution in [3.8, 4) is 0 Å². The van der Waals surface area contributed by atoms with E-state index in [1.807, 2.05) is 18.2 Å². The van der Waals surface area contributed by atoms with E-state index in [1.165, 1.54) is 18.0 Å². The summed E-state index contributed by atoms with van der Waals surface area (Å²) in [5.74, 6) is -0.206. The van der Waals surface area contributed by atoms with Crippen molar-refractivity contribution in [2.75, 3.05) is 20.3 Å². The van der Waals surface area contributed by atoms with Crippen molar-refractivity contribution in [3.63, 3.8) is 0 Å². The minimum atomic E-state index is -5.00. The van der Waals surface area contributed by atoms with Gasteiger partial charge in [0.05, 0.1) is 17.2 Å². The zero-order valence-corrected chi connectivity index (χ0v) is 20.1. The first-order valence-electron chi connectivity index (χ1n) is 11.4. The lowest BCUT2D eigenvalue weighted by Gasteiger charge is -2.25. The van der Waals surface area contributed by atoms with Gasteiger partial charge < -0.3 is 14.4 Å². The molecule has 2 aromatic rings. The fraction of sp³-hybridized carbons (Fsp3) is 0.385. The monoisotopic (exact) mass is 529 g/mol. The van der Waals surface area contributed by atoms with Crippen LogP contribution in [0.4, 0.5) is 31.1 Å². The largest absolute Gasteiger partial charge is 0.445 e. The van der Waals surface area contributed by atoms with Gasteiger partial charge in [0.25, 0.3) is 0 Å². The van der Waals surface area contributed by atoms with Gasteiger partial charge in [-0.1, -0.05) is 18.2 Å². The third-order valence-electron chi connectivity index (χ3n) is 5.89. The Labute approximate surface area is 209 Å². The Balaban J connectivity index is 1.72. The number of carbonyl (C=O) groups excluding carboxylic acids is 2. The fourth-order valence-electron chi connectivity index (χ4n) is 4.02. The summed E-state index contributed by atoms with van der Waals surface area (Å²) in [5, 5.41) is 0. The number of rotatable bonds is 8. The maximum atomic E-state index is 13.1. The Bertz CT molecular complexity index is 1140. The minimum absolute atomic E-state index is 0.0172.